The number of nitrogens with one attached hydrogen (secondary N) is 1. The van der Waals surface area contributed by atoms with E-state index in [0.717, 1.165) is 5.56 Å². The first kappa shape index (κ1) is 14.3. The Labute approximate surface area is 122 Å². The minimum absolute atomic E-state index is 0.0179. The zero-order valence-corrected chi connectivity index (χ0v) is 12.0. The monoisotopic (exact) mass is 297 g/mol. The van der Waals surface area contributed by atoms with Gasteiger partial charge in [0.15, 0.2) is 0 Å². The third kappa shape index (κ3) is 3.47. The molecule has 0 radical (unpaired) electrons. The van der Waals surface area contributed by atoms with E-state index in [9.17, 15) is 4.39 Å². The van der Waals surface area contributed by atoms with Crippen molar-refractivity contribution in [1.29, 1.82) is 0 Å². The topological polar surface area (TPSA) is 12.0 Å². The van der Waals surface area contributed by atoms with E-state index < -0.39 is 0 Å². The molecule has 0 amide bonds. The highest BCUT2D eigenvalue weighted by Gasteiger charge is 2.11. The number of halogens is 3. The van der Waals surface area contributed by atoms with Crippen molar-refractivity contribution < 1.29 is 4.39 Å². The predicted molar refractivity (Wildman–Crippen MR) is 78.1 cm³/mol. The Kier molecular flexibility index (Phi) is 4.81. The predicted octanol–water partition coefficient (Wildman–Crippen LogP) is 4.98. The summed E-state index contributed by atoms with van der Waals surface area (Å²) in [5, 5.41) is 4.35. The van der Waals surface area contributed by atoms with Gasteiger partial charge in [-0.25, -0.2) is 4.39 Å². The third-order valence-electron chi connectivity index (χ3n) is 3.02. The molecule has 0 aliphatic heterocycles. The van der Waals surface area contributed by atoms with Gasteiger partial charge in [-0.05, 0) is 30.7 Å². The average Bonchev–Trinajstić information content (AvgIpc) is 2.38. The summed E-state index contributed by atoms with van der Waals surface area (Å²) >= 11 is 12.1. The molecule has 2 rings (SSSR count). The molecule has 0 saturated heterocycles. The van der Waals surface area contributed by atoms with Crippen LogP contribution in [0.15, 0.2) is 42.5 Å². The fraction of sp³-hybridized carbons (Fsp3) is 0.200. The third-order valence-corrected chi connectivity index (χ3v) is 3.72. The summed E-state index contributed by atoms with van der Waals surface area (Å²) in [6, 6.07) is 12.3. The molecule has 0 spiro atoms. The van der Waals surface area contributed by atoms with Crippen molar-refractivity contribution in [2.45, 2.75) is 19.5 Å². The summed E-state index contributed by atoms with van der Waals surface area (Å²) in [5.41, 5.74) is 1.46. The molecule has 1 N–H and O–H groups in total. The first-order valence-electron chi connectivity index (χ1n) is 6.00. The second kappa shape index (κ2) is 6.38. The molecule has 1 nitrogen and oxygen atoms in total. The van der Waals surface area contributed by atoms with Crippen LogP contribution in [0.5, 0.6) is 0 Å². The van der Waals surface area contributed by atoms with Gasteiger partial charge >= 0.3 is 0 Å². The van der Waals surface area contributed by atoms with Crippen LogP contribution in [0.2, 0.25) is 10.0 Å². The molecule has 2 aromatic carbocycles. The van der Waals surface area contributed by atoms with E-state index in [2.05, 4.69) is 5.32 Å². The molecule has 0 unspecified atom stereocenters. The van der Waals surface area contributed by atoms with Crippen LogP contribution in [0.1, 0.15) is 24.1 Å². The van der Waals surface area contributed by atoms with Crippen LogP contribution in [0.25, 0.3) is 0 Å². The van der Waals surface area contributed by atoms with E-state index in [-0.39, 0.29) is 11.9 Å². The first-order chi connectivity index (χ1) is 9.09. The van der Waals surface area contributed by atoms with E-state index >= 15 is 0 Å². The maximum atomic E-state index is 13.6. The van der Waals surface area contributed by atoms with Crippen molar-refractivity contribution >= 4 is 23.2 Å². The van der Waals surface area contributed by atoms with Crippen LogP contribution in [0.4, 0.5) is 4.39 Å². The Morgan fingerprint density at radius 3 is 2.42 bits per heavy atom. The molecular weight excluding hydrogens is 284 g/mol. The molecule has 2 aromatic rings. The Bertz CT molecular complexity index is 552. The summed E-state index contributed by atoms with van der Waals surface area (Å²) in [6.45, 7) is 2.34. The summed E-state index contributed by atoms with van der Waals surface area (Å²) in [6.07, 6.45) is 0. The molecule has 4 heteroatoms. The lowest BCUT2D eigenvalue weighted by Crippen LogP contribution is -2.19. The molecule has 1 atom stereocenters. The lowest BCUT2D eigenvalue weighted by molar-refractivity contribution is 0.544. The molecule has 0 aliphatic rings. The maximum absolute atomic E-state index is 13.6. The highest BCUT2D eigenvalue weighted by atomic mass is 35.5. The van der Waals surface area contributed by atoms with Gasteiger partial charge in [0.1, 0.15) is 5.82 Å². The molecule has 100 valence electrons. The smallest absolute Gasteiger partial charge is 0.129 e. The molecule has 0 saturated carbocycles. The van der Waals surface area contributed by atoms with E-state index in [1.807, 2.05) is 31.2 Å². The van der Waals surface area contributed by atoms with Crippen molar-refractivity contribution in [2.75, 3.05) is 0 Å². The Hall–Kier alpha value is -1.09. The quantitative estimate of drug-likeness (QED) is 0.839. The summed E-state index contributed by atoms with van der Waals surface area (Å²) < 4.78 is 13.6. The Morgan fingerprint density at radius 1 is 1.05 bits per heavy atom. The van der Waals surface area contributed by atoms with E-state index in [4.69, 9.17) is 23.2 Å². The Balaban J connectivity index is 2.09. The van der Waals surface area contributed by atoms with E-state index in [1.54, 1.807) is 12.1 Å². The SMILES string of the molecule is C[C@H](NCc1c(F)cccc1Cl)c1ccccc1Cl. The lowest BCUT2D eigenvalue weighted by Gasteiger charge is -2.16. The molecule has 0 aliphatic carbocycles. The second-order valence-corrected chi connectivity index (χ2v) is 5.14. The van der Waals surface area contributed by atoms with Gasteiger partial charge in [-0.2, -0.15) is 0 Å². The summed E-state index contributed by atoms with van der Waals surface area (Å²) in [5.74, 6) is -0.300. The van der Waals surface area contributed by atoms with Gasteiger partial charge in [-0.1, -0.05) is 47.5 Å². The van der Waals surface area contributed by atoms with Crippen LogP contribution in [-0.2, 0) is 6.54 Å². The van der Waals surface area contributed by atoms with Gasteiger partial charge in [0, 0.05) is 28.2 Å². The van der Waals surface area contributed by atoms with Crippen molar-refractivity contribution in [2.24, 2.45) is 0 Å². The lowest BCUT2D eigenvalue weighted by atomic mass is 10.1. The van der Waals surface area contributed by atoms with Crippen molar-refractivity contribution in [3.05, 3.63) is 69.5 Å². The molecule has 0 fully saturated rings. The van der Waals surface area contributed by atoms with Crippen molar-refractivity contribution in [1.82, 2.24) is 5.32 Å². The largest absolute Gasteiger partial charge is 0.306 e. The van der Waals surface area contributed by atoms with E-state index in [0.29, 0.717) is 22.2 Å². The normalized spacial score (nSPS) is 12.4. The van der Waals surface area contributed by atoms with Crippen LogP contribution in [0.3, 0.4) is 0 Å². The standard InChI is InChI=1S/C15H14Cl2FN/c1-10(11-5-2-3-6-13(11)16)19-9-12-14(17)7-4-8-15(12)18/h2-8,10,19H,9H2,1H3/t10-/m0/s1. The van der Waals surface area contributed by atoms with E-state index in [1.165, 1.54) is 6.07 Å². The molecule has 0 bridgehead atoms. The van der Waals surface area contributed by atoms with Crippen molar-refractivity contribution in [3.8, 4) is 0 Å². The fourth-order valence-electron chi connectivity index (χ4n) is 1.89. The number of hydrogen-bond donors (Lipinski definition) is 1. The van der Waals surface area contributed by atoms with Crippen LogP contribution < -0.4 is 5.32 Å². The number of hydrogen-bond acceptors (Lipinski definition) is 1. The zero-order chi connectivity index (χ0) is 13.8. The fourth-order valence-corrected chi connectivity index (χ4v) is 2.42. The number of benzene rings is 2. The minimum atomic E-state index is -0.300. The van der Waals surface area contributed by atoms with Crippen LogP contribution in [-0.4, -0.2) is 0 Å². The van der Waals surface area contributed by atoms with Gasteiger partial charge in [0.05, 0.1) is 0 Å². The maximum Gasteiger partial charge on any atom is 0.129 e. The average molecular weight is 298 g/mol. The van der Waals surface area contributed by atoms with Crippen LogP contribution in [0, 0.1) is 5.82 Å². The van der Waals surface area contributed by atoms with Gasteiger partial charge < -0.3 is 5.32 Å². The summed E-state index contributed by atoms with van der Waals surface area (Å²) in [4.78, 5) is 0. The van der Waals surface area contributed by atoms with Gasteiger partial charge in [0.2, 0.25) is 0 Å². The number of rotatable bonds is 4. The minimum Gasteiger partial charge on any atom is -0.306 e. The van der Waals surface area contributed by atoms with Gasteiger partial charge in [0.25, 0.3) is 0 Å². The zero-order valence-electron chi connectivity index (χ0n) is 10.5. The second-order valence-electron chi connectivity index (χ2n) is 4.32. The summed E-state index contributed by atoms with van der Waals surface area (Å²) in [7, 11) is 0. The van der Waals surface area contributed by atoms with Gasteiger partial charge in [-0.3, -0.25) is 0 Å². The molecular formula is C15H14Cl2FN. The Morgan fingerprint density at radius 2 is 1.74 bits per heavy atom. The van der Waals surface area contributed by atoms with Crippen LogP contribution >= 0.6 is 23.2 Å². The first-order valence-corrected chi connectivity index (χ1v) is 6.76. The highest BCUT2D eigenvalue weighted by Crippen LogP contribution is 2.24. The molecule has 19 heavy (non-hydrogen) atoms. The highest BCUT2D eigenvalue weighted by molar-refractivity contribution is 6.31. The van der Waals surface area contributed by atoms with Gasteiger partial charge in [-0.15, -0.1) is 0 Å². The van der Waals surface area contributed by atoms with Crippen molar-refractivity contribution in [3.63, 3.8) is 0 Å². The molecule has 0 heterocycles. The molecule has 0 aromatic heterocycles.